The molecule has 0 aromatic carbocycles. The van der Waals surface area contributed by atoms with Crippen LogP contribution < -0.4 is 0 Å². The zero-order valence-electron chi connectivity index (χ0n) is 17.3. The third-order valence-electron chi connectivity index (χ3n) is 5.48. The zero-order valence-corrected chi connectivity index (χ0v) is 20.5. The van der Waals surface area contributed by atoms with Crippen LogP contribution in [0.5, 0.6) is 0 Å². The standard InChI is InChI=1S/C19H34Cl3NO2Si/c1-10-18(11-24-17(23-18)19(20,21)22)16(12(2)3)25-26(13(4)5,14(6)7)15(8)9/h10,12-16H,1,11H2,2-9H3/t16-,18-/m1/s1. The normalized spacial score (nSPS) is 23.0. The van der Waals surface area contributed by atoms with Crippen LogP contribution in [0.1, 0.15) is 55.4 Å². The van der Waals surface area contributed by atoms with E-state index in [9.17, 15) is 0 Å². The first-order valence-corrected chi connectivity index (χ1v) is 12.6. The minimum Gasteiger partial charge on any atom is -0.475 e. The summed E-state index contributed by atoms with van der Waals surface area (Å²) in [6.45, 7) is 22.2. The minimum atomic E-state index is -2.12. The van der Waals surface area contributed by atoms with E-state index in [-0.39, 0.29) is 24.5 Å². The Morgan fingerprint density at radius 1 is 1.08 bits per heavy atom. The van der Waals surface area contributed by atoms with E-state index in [0.717, 1.165) is 0 Å². The van der Waals surface area contributed by atoms with Gasteiger partial charge in [-0.05, 0) is 22.5 Å². The Bertz CT molecular complexity index is 508. The van der Waals surface area contributed by atoms with Gasteiger partial charge in [0.1, 0.15) is 12.1 Å². The fourth-order valence-electron chi connectivity index (χ4n) is 4.39. The maximum absolute atomic E-state index is 7.07. The fourth-order valence-corrected chi connectivity index (χ4v) is 10.4. The van der Waals surface area contributed by atoms with Crippen molar-refractivity contribution in [1.82, 2.24) is 0 Å². The SMILES string of the molecule is C=C[C@]1([C@H](O[Si](C(C)C)(C(C)C)C(C)C)C(C)C)COC(C(Cl)(Cl)Cl)=N1. The highest BCUT2D eigenvalue weighted by Gasteiger charge is 2.53. The lowest BCUT2D eigenvalue weighted by Crippen LogP contribution is -2.57. The first-order chi connectivity index (χ1) is 11.7. The molecule has 152 valence electrons. The number of nitrogens with zero attached hydrogens (tertiary/aromatic N) is 1. The van der Waals surface area contributed by atoms with Gasteiger partial charge in [0.15, 0.2) is 0 Å². The van der Waals surface area contributed by atoms with Crippen LogP contribution in [0.3, 0.4) is 0 Å². The van der Waals surface area contributed by atoms with Crippen molar-refractivity contribution < 1.29 is 9.16 Å². The lowest BCUT2D eigenvalue weighted by molar-refractivity contribution is 0.0598. The topological polar surface area (TPSA) is 30.8 Å². The molecule has 0 bridgehead atoms. The summed E-state index contributed by atoms with van der Waals surface area (Å²) in [6, 6.07) is 0. The maximum atomic E-state index is 7.07. The second-order valence-corrected chi connectivity index (χ2v) is 16.2. The maximum Gasteiger partial charge on any atom is 0.266 e. The van der Waals surface area contributed by atoms with Crippen molar-refractivity contribution in [3.8, 4) is 0 Å². The Labute approximate surface area is 175 Å². The Hall–Kier alpha value is 0.257. The van der Waals surface area contributed by atoms with Crippen LogP contribution in [0, 0.1) is 5.92 Å². The Morgan fingerprint density at radius 3 is 1.81 bits per heavy atom. The Kier molecular flexibility index (Phi) is 8.16. The molecule has 1 aliphatic heterocycles. The molecule has 2 atom stereocenters. The van der Waals surface area contributed by atoms with E-state index in [1.54, 1.807) is 6.08 Å². The summed E-state index contributed by atoms with van der Waals surface area (Å²) in [5, 5.41) is 0. The summed E-state index contributed by atoms with van der Waals surface area (Å²) < 4.78 is 11.1. The lowest BCUT2D eigenvalue weighted by atomic mass is 9.87. The number of alkyl halides is 3. The molecule has 0 radical (unpaired) electrons. The van der Waals surface area contributed by atoms with Gasteiger partial charge in [-0.15, -0.1) is 6.58 Å². The molecule has 0 aromatic heterocycles. The van der Waals surface area contributed by atoms with Gasteiger partial charge < -0.3 is 9.16 Å². The summed E-state index contributed by atoms with van der Waals surface area (Å²) in [7, 11) is -2.12. The average Bonchev–Trinajstić information content (AvgIpc) is 2.92. The lowest BCUT2D eigenvalue weighted by Gasteiger charge is -2.48. The van der Waals surface area contributed by atoms with Crippen molar-refractivity contribution in [3.63, 3.8) is 0 Å². The van der Waals surface area contributed by atoms with Gasteiger partial charge in [0.25, 0.3) is 3.79 Å². The van der Waals surface area contributed by atoms with Crippen molar-refractivity contribution in [3.05, 3.63) is 12.7 Å². The second-order valence-electron chi connectivity index (χ2n) is 8.50. The van der Waals surface area contributed by atoms with E-state index in [1.165, 1.54) is 0 Å². The van der Waals surface area contributed by atoms with Gasteiger partial charge in [0, 0.05) is 0 Å². The highest BCUT2D eigenvalue weighted by Crippen LogP contribution is 2.47. The van der Waals surface area contributed by atoms with E-state index in [0.29, 0.717) is 16.6 Å². The molecule has 1 rings (SSSR count). The van der Waals surface area contributed by atoms with E-state index in [1.807, 2.05) is 0 Å². The van der Waals surface area contributed by atoms with Crippen LogP contribution in [0.4, 0.5) is 0 Å². The zero-order chi connectivity index (χ0) is 20.5. The van der Waals surface area contributed by atoms with Crippen molar-refractivity contribution in [2.45, 2.75) is 87.4 Å². The Balaban J connectivity index is 3.43. The number of halogens is 3. The first-order valence-electron chi connectivity index (χ1n) is 9.35. The van der Waals surface area contributed by atoms with Crippen LogP contribution in [-0.4, -0.2) is 36.3 Å². The third kappa shape index (κ3) is 4.63. The smallest absolute Gasteiger partial charge is 0.266 e. The van der Waals surface area contributed by atoms with Gasteiger partial charge in [-0.2, -0.15) is 0 Å². The molecule has 7 heteroatoms. The van der Waals surface area contributed by atoms with Crippen LogP contribution >= 0.6 is 34.8 Å². The molecule has 0 aliphatic carbocycles. The number of ether oxygens (including phenoxy) is 1. The molecular formula is C19H34Cl3NO2Si. The predicted octanol–water partition coefficient (Wildman–Crippen LogP) is 6.93. The molecule has 3 nitrogen and oxygen atoms in total. The summed E-state index contributed by atoms with van der Waals surface area (Å²) in [5.74, 6) is 0.320. The van der Waals surface area contributed by atoms with E-state index < -0.39 is 17.6 Å². The molecule has 1 aliphatic rings. The van der Waals surface area contributed by atoms with Crippen LogP contribution in [-0.2, 0) is 9.16 Å². The molecule has 0 spiro atoms. The van der Waals surface area contributed by atoms with Crippen molar-refractivity contribution in [2.24, 2.45) is 10.9 Å². The molecule has 0 saturated carbocycles. The largest absolute Gasteiger partial charge is 0.475 e. The van der Waals surface area contributed by atoms with Gasteiger partial charge in [0.05, 0.1) is 6.10 Å². The van der Waals surface area contributed by atoms with Gasteiger partial charge >= 0.3 is 0 Å². The van der Waals surface area contributed by atoms with Gasteiger partial charge in [-0.1, -0.05) is 96.3 Å². The van der Waals surface area contributed by atoms with Gasteiger partial charge in [0.2, 0.25) is 14.2 Å². The molecule has 0 fully saturated rings. The monoisotopic (exact) mass is 441 g/mol. The molecule has 0 unspecified atom stereocenters. The fraction of sp³-hybridized carbons (Fsp3) is 0.842. The molecule has 0 aromatic rings. The van der Waals surface area contributed by atoms with Crippen molar-refractivity contribution >= 4 is 49.0 Å². The average molecular weight is 443 g/mol. The summed E-state index contributed by atoms with van der Waals surface area (Å²) in [5.41, 5.74) is 0.642. The first kappa shape index (κ1) is 24.3. The number of aliphatic imine (C=N–C) groups is 1. The summed E-state index contributed by atoms with van der Waals surface area (Å²) >= 11 is 18.0. The van der Waals surface area contributed by atoms with Crippen LogP contribution in [0.25, 0.3) is 0 Å². The van der Waals surface area contributed by atoms with Crippen molar-refractivity contribution in [2.75, 3.05) is 6.61 Å². The van der Waals surface area contributed by atoms with Crippen LogP contribution in [0.2, 0.25) is 16.6 Å². The number of hydrogen-bond donors (Lipinski definition) is 0. The minimum absolute atomic E-state index is 0.113. The number of hydrogen-bond acceptors (Lipinski definition) is 3. The third-order valence-corrected chi connectivity index (χ3v) is 12.0. The summed E-state index contributed by atoms with van der Waals surface area (Å²) in [6.07, 6.45) is 1.60. The predicted molar refractivity (Wildman–Crippen MR) is 117 cm³/mol. The molecular weight excluding hydrogens is 409 g/mol. The highest BCUT2D eigenvalue weighted by atomic mass is 35.6. The molecule has 26 heavy (non-hydrogen) atoms. The molecule has 1 heterocycles. The van der Waals surface area contributed by atoms with E-state index >= 15 is 0 Å². The molecule has 0 saturated heterocycles. The van der Waals surface area contributed by atoms with Crippen molar-refractivity contribution in [1.29, 1.82) is 0 Å². The molecule has 0 N–H and O–H groups in total. The summed E-state index contributed by atoms with van der Waals surface area (Å²) in [4.78, 5) is 4.67. The van der Waals surface area contributed by atoms with Gasteiger partial charge in [-0.25, -0.2) is 4.99 Å². The van der Waals surface area contributed by atoms with Crippen LogP contribution in [0.15, 0.2) is 17.6 Å². The number of rotatable bonds is 8. The second kappa shape index (κ2) is 8.73. The Morgan fingerprint density at radius 2 is 1.54 bits per heavy atom. The van der Waals surface area contributed by atoms with E-state index in [2.05, 4.69) is 67.0 Å². The van der Waals surface area contributed by atoms with Gasteiger partial charge in [-0.3, -0.25) is 0 Å². The quantitative estimate of drug-likeness (QED) is 0.232. The molecule has 0 amide bonds. The van der Waals surface area contributed by atoms with E-state index in [4.69, 9.17) is 44.0 Å². The highest BCUT2D eigenvalue weighted by molar-refractivity contribution is 6.77.